The zero-order valence-corrected chi connectivity index (χ0v) is 21.4. The number of para-hydroxylation sites is 2. The standard InChI is InChI=1S/C30H34N6O2/c37-29(25-13-19-17-7-1-3-9-21(17)33-27(19)15-31-25)35-23-11-5-6-12-24(23)36-30(38)26-14-20-18-8-2-4-10-22(18)34-28(20)16-32-26/h1-4,7-10,23-26,31-34H,5-6,11-16H2,(H,35,37)(H,36,38)/t23-,24-,25-,26-/m0/s1. The maximum Gasteiger partial charge on any atom is 0.237 e. The number of hydrogen-bond donors (Lipinski definition) is 6. The van der Waals surface area contributed by atoms with Gasteiger partial charge in [0.15, 0.2) is 0 Å². The molecule has 38 heavy (non-hydrogen) atoms. The Hall–Kier alpha value is -3.62. The van der Waals surface area contributed by atoms with Crippen LogP contribution in [0.4, 0.5) is 0 Å². The van der Waals surface area contributed by atoms with Gasteiger partial charge >= 0.3 is 0 Å². The molecular weight excluding hydrogens is 476 g/mol. The van der Waals surface area contributed by atoms with Gasteiger partial charge in [0.2, 0.25) is 11.8 Å². The largest absolute Gasteiger partial charge is 0.357 e. The first-order valence-electron chi connectivity index (χ1n) is 13.9. The van der Waals surface area contributed by atoms with E-state index in [0.717, 1.165) is 48.1 Å². The third-order valence-corrected chi connectivity index (χ3v) is 8.73. The summed E-state index contributed by atoms with van der Waals surface area (Å²) in [7, 11) is 0. The maximum atomic E-state index is 13.4. The molecule has 0 unspecified atom stereocenters. The number of fused-ring (bicyclic) bond motifs is 6. The van der Waals surface area contributed by atoms with E-state index in [1.54, 1.807) is 0 Å². The zero-order valence-electron chi connectivity index (χ0n) is 21.4. The lowest BCUT2D eigenvalue weighted by Crippen LogP contribution is -2.59. The first-order chi connectivity index (χ1) is 18.6. The van der Waals surface area contributed by atoms with Crippen LogP contribution < -0.4 is 21.3 Å². The Balaban J connectivity index is 1.01. The van der Waals surface area contributed by atoms with Gasteiger partial charge in [0, 0.05) is 58.4 Å². The molecule has 0 radical (unpaired) electrons. The van der Waals surface area contributed by atoms with Crippen LogP contribution in [0.1, 0.15) is 48.2 Å². The van der Waals surface area contributed by atoms with Crippen molar-refractivity contribution in [1.82, 2.24) is 31.2 Å². The van der Waals surface area contributed by atoms with Crippen LogP contribution >= 0.6 is 0 Å². The Morgan fingerprint density at radius 2 is 1.11 bits per heavy atom. The van der Waals surface area contributed by atoms with Crippen LogP contribution in [0.5, 0.6) is 0 Å². The van der Waals surface area contributed by atoms with Crippen LogP contribution in [0.15, 0.2) is 48.5 Å². The Morgan fingerprint density at radius 3 is 1.58 bits per heavy atom. The number of carbonyl (C=O) groups is 2. The molecule has 1 saturated carbocycles. The highest BCUT2D eigenvalue weighted by molar-refractivity contribution is 5.89. The molecule has 8 heteroatoms. The summed E-state index contributed by atoms with van der Waals surface area (Å²) < 4.78 is 0. The molecule has 2 aromatic carbocycles. The molecule has 0 saturated heterocycles. The van der Waals surface area contributed by atoms with Gasteiger partial charge in [0.1, 0.15) is 0 Å². The molecule has 6 N–H and O–H groups in total. The van der Waals surface area contributed by atoms with E-state index in [-0.39, 0.29) is 36.0 Å². The summed E-state index contributed by atoms with van der Waals surface area (Å²) in [5, 5.41) is 15.8. The van der Waals surface area contributed by atoms with Crippen LogP contribution in [-0.4, -0.2) is 45.9 Å². The smallest absolute Gasteiger partial charge is 0.237 e. The van der Waals surface area contributed by atoms with Gasteiger partial charge in [0.25, 0.3) is 0 Å². The number of amides is 2. The molecule has 2 aromatic heterocycles. The predicted molar refractivity (Wildman–Crippen MR) is 148 cm³/mol. The number of nitrogens with one attached hydrogen (secondary N) is 6. The van der Waals surface area contributed by atoms with Crippen LogP contribution in [0.3, 0.4) is 0 Å². The molecule has 0 spiro atoms. The fraction of sp³-hybridized carbons (Fsp3) is 0.400. The summed E-state index contributed by atoms with van der Waals surface area (Å²) in [6, 6.07) is 15.9. The third-order valence-electron chi connectivity index (χ3n) is 8.73. The minimum absolute atomic E-state index is 0.0197. The number of aromatic nitrogens is 2. The van der Waals surface area contributed by atoms with Crippen molar-refractivity contribution in [3.05, 3.63) is 71.0 Å². The van der Waals surface area contributed by atoms with E-state index in [2.05, 4.69) is 55.5 Å². The van der Waals surface area contributed by atoms with Crippen LogP contribution in [0, 0.1) is 0 Å². The van der Waals surface area contributed by atoms with Crippen molar-refractivity contribution in [1.29, 1.82) is 0 Å². The van der Waals surface area contributed by atoms with Crippen molar-refractivity contribution in [2.24, 2.45) is 0 Å². The van der Waals surface area contributed by atoms with Crippen molar-refractivity contribution in [2.45, 2.75) is 75.8 Å². The number of benzene rings is 2. The second kappa shape index (κ2) is 9.60. The van der Waals surface area contributed by atoms with Gasteiger partial charge in [-0.25, -0.2) is 0 Å². The van der Waals surface area contributed by atoms with E-state index < -0.39 is 0 Å². The van der Waals surface area contributed by atoms with Crippen molar-refractivity contribution in [3.8, 4) is 0 Å². The molecule has 1 aliphatic carbocycles. The SMILES string of the molecule is O=C(N[C@H]1CCCC[C@@H]1NC(=O)[C@@H]1Cc2c([nH]c3ccccc23)CN1)[C@@H]1Cc2c([nH]c3ccccc23)CN1. The van der Waals surface area contributed by atoms with E-state index in [1.807, 2.05) is 24.3 Å². The van der Waals surface area contributed by atoms with Crippen molar-refractivity contribution >= 4 is 33.6 Å². The first kappa shape index (κ1) is 23.5. The lowest BCUT2D eigenvalue weighted by Gasteiger charge is -2.35. The van der Waals surface area contributed by atoms with Gasteiger partial charge in [-0.2, -0.15) is 0 Å². The van der Waals surface area contributed by atoms with E-state index in [4.69, 9.17) is 0 Å². The van der Waals surface area contributed by atoms with Crippen LogP contribution in [0.2, 0.25) is 0 Å². The van der Waals surface area contributed by atoms with Gasteiger partial charge in [-0.1, -0.05) is 49.2 Å². The van der Waals surface area contributed by atoms with E-state index in [1.165, 1.54) is 21.9 Å². The molecule has 0 bridgehead atoms. The summed E-state index contributed by atoms with van der Waals surface area (Å²) in [4.78, 5) is 33.7. The summed E-state index contributed by atoms with van der Waals surface area (Å²) >= 11 is 0. The lowest BCUT2D eigenvalue weighted by molar-refractivity contribution is -0.127. The number of hydrogen-bond acceptors (Lipinski definition) is 4. The molecule has 8 nitrogen and oxygen atoms in total. The van der Waals surface area contributed by atoms with Gasteiger partial charge in [-0.15, -0.1) is 0 Å². The molecular formula is C30H34N6O2. The number of carbonyl (C=O) groups excluding carboxylic acids is 2. The van der Waals surface area contributed by atoms with Crippen LogP contribution in [-0.2, 0) is 35.5 Å². The monoisotopic (exact) mass is 510 g/mol. The average molecular weight is 511 g/mol. The Labute approximate surface area is 221 Å². The van der Waals surface area contributed by atoms with E-state index >= 15 is 0 Å². The fourth-order valence-electron chi connectivity index (χ4n) is 6.70. The minimum Gasteiger partial charge on any atom is -0.357 e. The molecule has 4 aromatic rings. The molecule has 7 rings (SSSR count). The normalized spacial score (nSPS) is 25.1. The summed E-state index contributed by atoms with van der Waals surface area (Å²) in [5.41, 5.74) is 7.02. The molecule has 2 amide bonds. The van der Waals surface area contributed by atoms with E-state index in [0.29, 0.717) is 25.9 Å². The molecule has 1 fully saturated rings. The van der Waals surface area contributed by atoms with Gasteiger partial charge < -0.3 is 20.6 Å². The topological polar surface area (TPSA) is 114 Å². The Bertz CT molecular complexity index is 1410. The predicted octanol–water partition coefficient (Wildman–Crippen LogP) is 2.92. The van der Waals surface area contributed by atoms with Crippen LogP contribution in [0.25, 0.3) is 21.8 Å². The number of aromatic amines is 2. The summed E-state index contributed by atoms with van der Waals surface area (Å²) in [6.45, 7) is 1.30. The lowest BCUT2D eigenvalue weighted by atomic mass is 9.89. The quantitative estimate of drug-likeness (QED) is 0.253. The van der Waals surface area contributed by atoms with Crippen molar-refractivity contribution in [3.63, 3.8) is 0 Å². The van der Waals surface area contributed by atoms with E-state index in [9.17, 15) is 9.59 Å². The second-order valence-electron chi connectivity index (χ2n) is 11.0. The zero-order chi connectivity index (χ0) is 25.6. The highest BCUT2D eigenvalue weighted by atomic mass is 16.2. The average Bonchev–Trinajstić information content (AvgIpc) is 3.51. The number of H-pyrrole nitrogens is 2. The highest BCUT2D eigenvalue weighted by Gasteiger charge is 2.34. The fourth-order valence-corrected chi connectivity index (χ4v) is 6.70. The maximum absolute atomic E-state index is 13.4. The highest BCUT2D eigenvalue weighted by Crippen LogP contribution is 2.28. The molecule has 2 aliphatic heterocycles. The summed E-state index contributed by atoms with van der Waals surface area (Å²) in [5.74, 6) is 0.0395. The van der Waals surface area contributed by atoms with Crippen molar-refractivity contribution in [2.75, 3.05) is 0 Å². The third kappa shape index (κ3) is 4.18. The molecule has 4 heterocycles. The minimum atomic E-state index is -0.278. The Morgan fingerprint density at radius 1 is 0.658 bits per heavy atom. The molecule has 196 valence electrons. The molecule has 3 aliphatic rings. The van der Waals surface area contributed by atoms with Gasteiger partial charge in [0.05, 0.1) is 12.1 Å². The first-order valence-corrected chi connectivity index (χ1v) is 13.9. The van der Waals surface area contributed by atoms with Gasteiger partial charge in [-0.05, 0) is 48.9 Å². The van der Waals surface area contributed by atoms with Gasteiger partial charge in [-0.3, -0.25) is 20.2 Å². The molecule has 4 atom stereocenters. The summed E-state index contributed by atoms with van der Waals surface area (Å²) in [6.07, 6.45) is 5.20. The second-order valence-corrected chi connectivity index (χ2v) is 11.0. The number of rotatable bonds is 4. The Kier molecular flexibility index (Phi) is 5.93. The van der Waals surface area contributed by atoms with Crippen molar-refractivity contribution < 1.29 is 9.59 Å².